The summed E-state index contributed by atoms with van der Waals surface area (Å²) in [5, 5.41) is 0.529. The summed E-state index contributed by atoms with van der Waals surface area (Å²) in [6, 6.07) is 4.62. The van der Waals surface area contributed by atoms with Gasteiger partial charge >= 0.3 is 0 Å². The predicted octanol–water partition coefficient (Wildman–Crippen LogP) is 4.45. The van der Waals surface area contributed by atoms with Crippen LogP contribution < -0.4 is 0 Å². The van der Waals surface area contributed by atoms with Crippen LogP contribution in [0.5, 0.6) is 0 Å². The minimum absolute atomic E-state index is 0.0124. The van der Waals surface area contributed by atoms with Crippen LogP contribution in [-0.4, -0.2) is 5.78 Å². The molecule has 0 fully saturated rings. The fraction of sp³-hybridized carbons (Fsp3) is 0.308. The first kappa shape index (κ1) is 12.1. The van der Waals surface area contributed by atoms with Gasteiger partial charge in [-0.1, -0.05) is 32.4 Å². The van der Waals surface area contributed by atoms with E-state index in [1.807, 2.05) is 0 Å². The summed E-state index contributed by atoms with van der Waals surface area (Å²) in [4.78, 5) is 12.0. The van der Waals surface area contributed by atoms with Gasteiger partial charge in [0.05, 0.1) is 5.02 Å². The zero-order chi connectivity index (χ0) is 12.8. The number of carbonyl (C=O) groups excluding carboxylic acids is 1. The van der Waals surface area contributed by atoms with E-state index < -0.39 is 11.2 Å². The SMILES string of the molecule is CC(C)(C)C(=O)c1cc2ccc(Cl)c(F)c2o1. The fourth-order valence-electron chi connectivity index (χ4n) is 1.53. The normalized spacial score (nSPS) is 12.1. The summed E-state index contributed by atoms with van der Waals surface area (Å²) in [5.41, 5.74) is -0.529. The molecule has 2 nitrogen and oxygen atoms in total. The molecule has 0 radical (unpaired) electrons. The molecule has 0 aliphatic carbocycles. The molecule has 0 saturated heterocycles. The van der Waals surface area contributed by atoms with Crippen LogP contribution in [0.25, 0.3) is 11.0 Å². The number of hydrogen-bond acceptors (Lipinski definition) is 2. The Morgan fingerprint density at radius 3 is 2.59 bits per heavy atom. The molecule has 2 aromatic rings. The molecule has 4 heteroatoms. The Kier molecular flexibility index (Phi) is 2.74. The van der Waals surface area contributed by atoms with Crippen LogP contribution >= 0.6 is 11.6 Å². The minimum Gasteiger partial charge on any atom is -0.450 e. The summed E-state index contributed by atoms with van der Waals surface area (Å²) in [6.07, 6.45) is 0. The average Bonchev–Trinajstić information content (AvgIpc) is 2.65. The maximum atomic E-state index is 13.6. The zero-order valence-electron chi connectivity index (χ0n) is 9.80. The Balaban J connectivity index is 2.60. The molecule has 1 aromatic carbocycles. The molecule has 2 rings (SSSR count). The van der Waals surface area contributed by atoms with Crippen LogP contribution in [0.4, 0.5) is 4.39 Å². The van der Waals surface area contributed by atoms with Crippen LogP contribution in [-0.2, 0) is 0 Å². The number of hydrogen-bond donors (Lipinski definition) is 0. The Labute approximate surface area is 103 Å². The second-order valence-corrected chi connectivity index (χ2v) is 5.38. The van der Waals surface area contributed by atoms with Gasteiger partial charge in [0.25, 0.3) is 0 Å². The van der Waals surface area contributed by atoms with E-state index in [0.29, 0.717) is 5.39 Å². The number of carbonyl (C=O) groups is 1. The number of rotatable bonds is 1. The third-order valence-corrected chi connectivity index (χ3v) is 2.78. The standard InChI is InChI=1S/C13H12ClFO2/c1-13(2,3)12(16)9-6-7-4-5-8(14)10(15)11(7)17-9/h4-6H,1-3H3. The number of halogens is 2. The topological polar surface area (TPSA) is 30.2 Å². The van der Waals surface area contributed by atoms with Gasteiger partial charge in [-0.25, -0.2) is 4.39 Å². The van der Waals surface area contributed by atoms with E-state index in [4.69, 9.17) is 16.0 Å². The zero-order valence-corrected chi connectivity index (χ0v) is 10.6. The first-order valence-corrected chi connectivity index (χ1v) is 5.61. The highest BCUT2D eigenvalue weighted by Gasteiger charge is 2.26. The van der Waals surface area contributed by atoms with Crippen LogP contribution in [0.3, 0.4) is 0 Å². The second-order valence-electron chi connectivity index (χ2n) is 4.97. The summed E-state index contributed by atoms with van der Waals surface area (Å²) < 4.78 is 18.9. The number of fused-ring (bicyclic) bond motifs is 1. The highest BCUT2D eigenvalue weighted by atomic mass is 35.5. The smallest absolute Gasteiger partial charge is 0.203 e. The number of ketones is 1. The maximum Gasteiger partial charge on any atom is 0.203 e. The Hall–Kier alpha value is -1.35. The summed E-state index contributed by atoms with van der Waals surface area (Å²) in [7, 11) is 0. The Morgan fingerprint density at radius 2 is 2.00 bits per heavy atom. The predicted molar refractivity (Wildman–Crippen MR) is 65.0 cm³/mol. The van der Waals surface area contributed by atoms with Gasteiger partial charge in [-0.05, 0) is 18.2 Å². The third kappa shape index (κ3) is 2.07. The monoisotopic (exact) mass is 254 g/mol. The highest BCUT2D eigenvalue weighted by Crippen LogP contribution is 2.30. The minimum atomic E-state index is -0.628. The van der Waals surface area contributed by atoms with E-state index in [1.54, 1.807) is 32.9 Å². The number of Topliss-reactive ketones (excluding diaryl/α,β-unsaturated/α-hetero) is 1. The van der Waals surface area contributed by atoms with Crippen LogP contribution in [0.2, 0.25) is 5.02 Å². The van der Waals surface area contributed by atoms with Crippen molar-refractivity contribution in [3.63, 3.8) is 0 Å². The lowest BCUT2D eigenvalue weighted by Crippen LogP contribution is -2.19. The molecular formula is C13H12ClFO2. The van der Waals surface area contributed by atoms with Gasteiger partial charge in [-0.3, -0.25) is 4.79 Å². The maximum absolute atomic E-state index is 13.6. The first-order valence-electron chi connectivity index (χ1n) is 5.23. The van der Waals surface area contributed by atoms with Gasteiger partial charge in [0.15, 0.2) is 17.2 Å². The number of benzene rings is 1. The number of furan rings is 1. The van der Waals surface area contributed by atoms with Gasteiger partial charge < -0.3 is 4.42 Å². The first-order chi connectivity index (χ1) is 7.80. The van der Waals surface area contributed by atoms with Gasteiger partial charge in [0.2, 0.25) is 5.78 Å². The van der Waals surface area contributed by atoms with Crippen molar-refractivity contribution in [2.45, 2.75) is 20.8 Å². The van der Waals surface area contributed by atoms with Crippen molar-refractivity contribution in [1.82, 2.24) is 0 Å². The van der Waals surface area contributed by atoms with E-state index in [0.717, 1.165) is 0 Å². The lowest BCUT2D eigenvalue weighted by molar-refractivity contribution is 0.0830. The van der Waals surface area contributed by atoms with Crippen molar-refractivity contribution < 1.29 is 13.6 Å². The molecule has 0 atom stereocenters. The van der Waals surface area contributed by atoms with Crippen molar-refractivity contribution in [3.8, 4) is 0 Å². The van der Waals surface area contributed by atoms with Crippen LogP contribution in [0, 0.1) is 11.2 Å². The quantitative estimate of drug-likeness (QED) is 0.704. The molecule has 17 heavy (non-hydrogen) atoms. The summed E-state index contributed by atoms with van der Waals surface area (Å²) >= 11 is 5.65. The molecule has 1 heterocycles. The van der Waals surface area contributed by atoms with Crippen LogP contribution in [0.15, 0.2) is 22.6 Å². The van der Waals surface area contributed by atoms with Gasteiger partial charge in [0.1, 0.15) is 0 Å². The molecular weight excluding hydrogens is 243 g/mol. The summed E-state index contributed by atoms with van der Waals surface area (Å²) in [5.74, 6) is -0.630. The molecule has 0 spiro atoms. The molecule has 0 N–H and O–H groups in total. The molecule has 0 bridgehead atoms. The third-order valence-electron chi connectivity index (χ3n) is 2.48. The average molecular weight is 255 g/mol. The van der Waals surface area contributed by atoms with Crippen molar-refractivity contribution in [2.24, 2.45) is 5.41 Å². The van der Waals surface area contributed by atoms with Gasteiger partial charge in [0, 0.05) is 10.8 Å². The van der Waals surface area contributed by atoms with Crippen LogP contribution in [0.1, 0.15) is 31.3 Å². The molecule has 1 aromatic heterocycles. The molecule has 0 aliphatic heterocycles. The van der Waals surface area contributed by atoms with Crippen molar-refractivity contribution in [2.75, 3.05) is 0 Å². The molecule has 0 aliphatic rings. The summed E-state index contributed by atoms with van der Waals surface area (Å²) in [6.45, 7) is 5.35. The van der Waals surface area contributed by atoms with E-state index >= 15 is 0 Å². The van der Waals surface area contributed by atoms with Crippen molar-refractivity contribution in [1.29, 1.82) is 0 Å². The lowest BCUT2D eigenvalue weighted by Gasteiger charge is -2.13. The molecule has 0 saturated carbocycles. The molecule has 0 unspecified atom stereocenters. The molecule has 90 valence electrons. The van der Waals surface area contributed by atoms with Gasteiger partial charge in [-0.15, -0.1) is 0 Å². The highest BCUT2D eigenvalue weighted by molar-refractivity contribution is 6.31. The van der Waals surface area contributed by atoms with E-state index in [9.17, 15) is 9.18 Å². The molecule has 0 amide bonds. The Morgan fingerprint density at radius 1 is 1.35 bits per heavy atom. The van der Waals surface area contributed by atoms with Crippen molar-refractivity contribution >= 4 is 28.4 Å². The van der Waals surface area contributed by atoms with E-state index in [-0.39, 0.29) is 22.1 Å². The van der Waals surface area contributed by atoms with E-state index in [1.165, 1.54) is 6.07 Å². The largest absolute Gasteiger partial charge is 0.450 e. The second kappa shape index (κ2) is 3.84. The fourth-order valence-corrected chi connectivity index (χ4v) is 1.68. The lowest BCUT2D eigenvalue weighted by atomic mass is 9.89. The van der Waals surface area contributed by atoms with Gasteiger partial charge in [-0.2, -0.15) is 0 Å². The van der Waals surface area contributed by atoms with E-state index in [2.05, 4.69) is 0 Å². The van der Waals surface area contributed by atoms with Crippen molar-refractivity contribution in [3.05, 3.63) is 34.8 Å². The Bertz CT molecular complexity index is 593.